The molecular weight excluding hydrogens is 408 g/mol. The van der Waals surface area contributed by atoms with Crippen LogP contribution in [0.2, 0.25) is 0 Å². The molecule has 0 radical (unpaired) electrons. The molecule has 3 aliphatic heterocycles. The number of nitrogens with zero attached hydrogens (tertiary/aromatic N) is 3. The standard InChI is InChI=1S/C25H33F2N5/c1-5-21-10-18(8-16(3)32(21)27)9-19-11-20(26)6-7-22(19)17(4)31-13-23(24(28)14-31)25-29-12-15(2)30-25/h6-7,11-12,15-16,18,21,28,30H,4-5,8-10,13-14H2,1-3H3/b25-23-,28-24?. The van der Waals surface area contributed by atoms with Crippen LogP contribution in [0.15, 0.2) is 41.2 Å². The molecule has 0 amide bonds. The first-order valence-electron chi connectivity index (χ1n) is 11.5. The Kier molecular flexibility index (Phi) is 6.47. The number of rotatable bonds is 5. The van der Waals surface area contributed by atoms with Crippen LogP contribution in [0.1, 0.15) is 51.2 Å². The Labute approximate surface area is 189 Å². The molecule has 0 spiro atoms. The van der Waals surface area contributed by atoms with Gasteiger partial charge < -0.3 is 15.6 Å². The van der Waals surface area contributed by atoms with Crippen molar-refractivity contribution < 1.29 is 8.87 Å². The van der Waals surface area contributed by atoms with E-state index in [2.05, 4.69) is 21.8 Å². The monoisotopic (exact) mass is 441 g/mol. The van der Waals surface area contributed by atoms with E-state index in [-0.39, 0.29) is 23.9 Å². The molecule has 1 aromatic carbocycles. The summed E-state index contributed by atoms with van der Waals surface area (Å²) < 4.78 is 28.6. The molecule has 0 aromatic heterocycles. The highest BCUT2D eigenvalue weighted by atomic mass is 19.2. The topological polar surface area (TPSA) is 54.7 Å². The predicted molar refractivity (Wildman–Crippen MR) is 126 cm³/mol. The summed E-state index contributed by atoms with van der Waals surface area (Å²) in [6.07, 6.45) is 4.83. The Hall–Kier alpha value is -2.54. The van der Waals surface area contributed by atoms with E-state index in [0.717, 1.165) is 52.6 Å². The van der Waals surface area contributed by atoms with Crippen molar-refractivity contribution in [1.29, 1.82) is 5.41 Å². The third kappa shape index (κ3) is 4.49. The highest BCUT2D eigenvalue weighted by Gasteiger charge is 2.34. The van der Waals surface area contributed by atoms with Crippen molar-refractivity contribution in [2.24, 2.45) is 10.9 Å². The fraction of sp³-hybridized carbons (Fsp3) is 0.520. The fourth-order valence-corrected chi connectivity index (χ4v) is 5.21. The van der Waals surface area contributed by atoms with Gasteiger partial charge in [-0.2, -0.15) is 0 Å². The third-order valence-electron chi connectivity index (χ3n) is 6.93. The molecule has 172 valence electrons. The predicted octanol–water partition coefficient (Wildman–Crippen LogP) is 4.71. The second-order valence-electron chi connectivity index (χ2n) is 9.42. The maximum absolute atomic E-state index is 14.4. The minimum atomic E-state index is -0.269. The zero-order valence-corrected chi connectivity index (χ0v) is 19.2. The van der Waals surface area contributed by atoms with E-state index < -0.39 is 0 Å². The zero-order valence-electron chi connectivity index (χ0n) is 19.2. The SMILES string of the molecule is C=C(c1ccc(F)cc1CC1CC(C)N(F)C(CC)C1)N1CC(=N)/C(=C2/N=CC(C)N2)C1. The van der Waals surface area contributed by atoms with Crippen molar-refractivity contribution in [2.45, 2.75) is 64.6 Å². The van der Waals surface area contributed by atoms with Gasteiger partial charge in [0.25, 0.3) is 0 Å². The molecule has 0 saturated carbocycles. The van der Waals surface area contributed by atoms with Crippen molar-refractivity contribution in [1.82, 2.24) is 15.3 Å². The highest BCUT2D eigenvalue weighted by Crippen LogP contribution is 2.35. The summed E-state index contributed by atoms with van der Waals surface area (Å²) in [5.74, 6) is 0.785. The van der Waals surface area contributed by atoms with Gasteiger partial charge in [0, 0.05) is 41.7 Å². The Bertz CT molecular complexity index is 969. The van der Waals surface area contributed by atoms with Gasteiger partial charge in [0.15, 0.2) is 0 Å². The lowest BCUT2D eigenvalue weighted by molar-refractivity contribution is -0.0976. The lowest BCUT2D eigenvalue weighted by Crippen LogP contribution is -2.43. The maximum atomic E-state index is 14.4. The Morgan fingerprint density at radius 2 is 2.06 bits per heavy atom. The maximum Gasteiger partial charge on any atom is 0.133 e. The number of piperidine rings is 1. The summed E-state index contributed by atoms with van der Waals surface area (Å²) in [6.45, 7) is 11.3. The lowest BCUT2D eigenvalue weighted by Gasteiger charge is -2.38. The first-order chi connectivity index (χ1) is 15.3. The van der Waals surface area contributed by atoms with E-state index in [1.165, 1.54) is 6.07 Å². The second kappa shape index (κ2) is 9.14. The van der Waals surface area contributed by atoms with Crippen LogP contribution in [0, 0.1) is 17.1 Å². The molecular formula is C25H33F2N5. The largest absolute Gasteiger partial charge is 0.362 e. The van der Waals surface area contributed by atoms with Gasteiger partial charge >= 0.3 is 0 Å². The van der Waals surface area contributed by atoms with E-state index in [9.17, 15) is 8.87 Å². The number of hydrogen-bond donors (Lipinski definition) is 2. The van der Waals surface area contributed by atoms with E-state index >= 15 is 0 Å². The molecule has 4 atom stereocenters. The molecule has 4 rings (SSSR count). The molecule has 32 heavy (non-hydrogen) atoms. The lowest BCUT2D eigenvalue weighted by atomic mass is 9.82. The summed E-state index contributed by atoms with van der Waals surface area (Å²) in [6, 6.07) is 4.81. The smallest absolute Gasteiger partial charge is 0.133 e. The average Bonchev–Trinajstić information content (AvgIpc) is 3.35. The van der Waals surface area contributed by atoms with Crippen LogP contribution in [0.5, 0.6) is 0 Å². The van der Waals surface area contributed by atoms with E-state index in [0.29, 0.717) is 31.1 Å². The van der Waals surface area contributed by atoms with Gasteiger partial charge in [-0.15, -0.1) is 9.60 Å². The quantitative estimate of drug-likeness (QED) is 0.651. The van der Waals surface area contributed by atoms with Crippen molar-refractivity contribution in [3.8, 4) is 0 Å². The minimum Gasteiger partial charge on any atom is -0.362 e. The van der Waals surface area contributed by atoms with Crippen molar-refractivity contribution in [3.05, 3.63) is 53.1 Å². The normalized spacial score (nSPS) is 30.8. The van der Waals surface area contributed by atoms with Gasteiger partial charge in [0.05, 0.1) is 18.3 Å². The number of hydrogen-bond acceptors (Lipinski definition) is 5. The van der Waals surface area contributed by atoms with Gasteiger partial charge in [-0.05, 0) is 69.2 Å². The summed E-state index contributed by atoms with van der Waals surface area (Å²) in [5, 5.41) is 12.7. The minimum absolute atomic E-state index is 0.0842. The van der Waals surface area contributed by atoms with Crippen molar-refractivity contribution in [3.63, 3.8) is 0 Å². The van der Waals surface area contributed by atoms with Gasteiger partial charge in [0.2, 0.25) is 0 Å². The summed E-state index contributed by atoms with van der Waals surface area (Å²) in [5.41, 5.74) is 4.01. The molecule has 3 heterocycles. The molecule has 2 fully saturated rings. The summed E-state index contributed by atoms with van der Waals surface area (Å²) >= 11 is 0. The molecule has 0 bridgehead atoms. The summed E-state index contributed by atoms with van der Waals surface area (Å²) in [7, 11) is 0. The van der Waals surface area contributed by atoms with Crippen molar-refractivity contribution in [2.75, 3.05) is 13.1 Å². The van der Waals surface area contributed by atoms with Crippen LogP contribution in [0.3, 0.4) is 0 Å². The molecule has 1 aromatic rings. The average molecular weight is 442 g/mol. The molecule has 3 aliphatic rings. The number of benzene rings is 1. The Morgan fingerprint density at radius 1 is 1.28 bits per heavy atom. The number of halogens is 2. The highest BCUT2D eigenvalue weighted by molar-refractivity contribution is 6.04. The number of likely N-dealkylation sites (tertiary alicyclic amines) is 1. The molecule has 5 nitrogen and oxygen atoms in total. The third-order valence-corrected chi connectivity index (χ3v) is 6.93. The van der Waals surface area contributed by atoms with E-state index in [4.69, 9.17) is 5.41 Å². The van der Waals surface area contributed by atoms with E-state index in [1.807, 2.05) is 27.0 Å². The molecule has 7 heteroatoms. The van der Waals surface area contributed by atoms with Gasteiger partial charge in [0.1, 0.15) is 11.6 Å². The molecule has 2 N–H and O–H groups in total. The first-order valence-corrected chi connectivity index (χ1v) is 11.5. The van der Waals surface area contributed by atoms with Crippen LogP contribution >= 0.6 is 0 Å². The molecule has 0 aliphatic carbocycles. The van der Waals surface area contributed by atoms with Crippen molar-refractivity contribution >= 4 is 17.6 Å². The fourth-order valence-electron chi connectivity index (χ4n) is 5.21. The van der Waals surface area contributed by atoms with Crippen LogP contribution in [-0.2, 0) is 6.42 Å². The number of aliphatic imine (C=N–C) groups is 1. The van der Waals surface area contributed by atoms with Gasteiger partial charge in [-0.25, -0.2) is 9.38 Å². The summed E-state index contributed by atoms with van der Waals surface area (Å²) in [4.78, 5) is 6.47. The Balaban J connectivity index is 1.54. The van der Waals surface area contributed by atoms with Crippen LogP contribution in [-0.4, -0.2) is 53.2 Å². The van der Waals surface area contributed by atoms with Gasteiger partial charge in [-0.3, -0.25) is 0 Å². The van der Waals surface area contributed by atoms with E-state index in [1.54, 1.807) is 12.1 Å². The zero-order chi connectivity index (χ0) is 23.0. The van der Waals surface area contributed by atoms with Crippen LogP contribution in [0.4, 0.5) is 8.87 Å². The number of nitrogens with one attached hydrogen (secondary N) is 2. The Morgan fingerprint density at radius 3 is 2.75 bits per heavy atom. The molecule has 2 saturated heterocycles. The van der Waals surface area contributed by atoms with Crippen LogP contribution < -0.4 is 5.32 Å². The first kappa shape index (κ1) is 22.6. The van der Waals surface area contributed by atoms with Gasteiger partial charge in [-0.1, -0.05) is 13.5 Å². The molecule has 4 unspecified atom stereocenters. The van der Waals surface area contributed by atoms with Crippen LogP contribution in [0.25, 0.3) is 5.70 Å². The second-order valence-corrected chi connectivity index (χ2v) is 9.42.